The summed E-state index contributed by atoms with van der Waals surface area (Å²) < 4.78 is 5.12. The van der Waals surface area contributed by atoms with Gasteiger partial charge in [0.2, 0.25) is 5.91 Å². The number of rotatable bonds is 7. The lowest BCUT2D eigenvalue weighted by Gasteiger charge is -2.20. The predicted octanol–water partition coefficient (Wildman–Crippen LogP) is 3.70. The van der Waals surface area contributed by atoms with E-state index >= 15 is 0 Å². The molecule has 0 bridgehead atoms. The molecule has 0 saturated carbocycles. The van der Waals surface area contributed by atoms with E-state index in [1.807, 2.05) is 62.4 Å². The number of ether oxygens (including phenoxy) is 1. The molecule has 0 aromatic heterocycles. The molecule has 24 heavy (non-hydrogen) atoms. The van der Waals surface area contributed by atoms with Gasteiger partial charge in [-0.1, -0.05) is 35.9 Å². The van der Waals surface area contributed by atoms with Crippen LogP contribution in [-0.2, 0) is 11.3 Å². The zero-order valence-corrected chi connectivity index (χ0v) is 14.9. The van der Waals surface area contributed by atoms with E-state index in [1.54, 1.807) is 7.11 Å². The summed E-state index contributed by atoms with van der Waals surface area (Å²) in [4.78, 5) is 12.2. The summed E-state index contributed by atoms with van der Waals surface area (Å²) in [5.74, 6) is 0.767. The molecule has 4 nitrogen and oxygen atoms in total. The summed E-state index contributed by atoms with van der Waals surface area (Å²) in [6.45, 7) is 4.37. The van der Waals surface area contributed by atoms with Crippen LogP contribution < -0.4 is 15.4 Å². The number of halogens is 1. The Morgan fingerprint density at radius 3 is 2.29 bits per heavy atom. The van der Waals surface area contributed by atoms with Gasteiger partial charge >= 0.3 is 0 Å². The standard InChI is InChI=1S/C19H23ClN2O2/c1-13(16-6-8-17(20)9-7-16)22-14(2)19(23)21-12-15-4-10-18(24-3)11-5-15/h4-11,13-14,22H,12H2,1-3H3,(H,21,23)/t13-,14+/m1/s1. The highest BCUT2D eigenvalue weighted by atomic mass is 35.5. The number of hydrogen-bond donors (Lipinski definition) is 2. The highest BCUT2D eigenvalue weighted by molar-refractivity contribution is 6.30. The van der Waals surface area contributed by atoms with E-state index in [0.29, 0.717) is 11.6 Å². The van der Waals surface area contributed by atoms with Crippen molar-refractivity contribution in [2.45, 2.75) is 32.5 Å². The van der Waals surface area contributed by atoms with Gasteiger partial charge in [-0.3, -0.25) is 10.1 Å². The Morgan fingerprint density at radius 1 is 1.08 bits per heavy atom. The molecule has 128 valence electrons. The van der Waals surface area contributed by atoms with Gasteiger partial charge in [0.1, 0.15) is 5.75 Å². The van der Waals surface area contributed by atoms with E-state index in [2.05, 4.69) is 10.6 Å². The maximum absolute atomic E-state index is 12.2. The summed E-state index contributed by atoms with van der Waals surface area (Å²) in [7, 11) is 1.63. The van der Waals surface area contributed by atoms with Crippen molar-refractivity contribution < 1.29 is 9.53 Å². The van der Waals surface area contributed by atoms with E-state index in [9.17, 15) is 4.79 Å². The van der Waals surface area contributed by atoms with Crippen LogP contribution in [0.4, 0.5) is 0 Å². The quantitative estimate of drug-likeness (QED) is 0.803. The summed E-state index contributed by atoms with van der Waals surface area (Å²) >= 11 is 5.90. The van der Waals surface area contributed by atoms with Gasteiger partial charge in [0.05, 0.1) is 13.2 Å². The monoisotopic (exact) mass is 346 g/mol. The summed E-state index contributed by atoms with van der Waals surface area (Å²) in [6, 6.07) is 15.0. The molecule has 0 aliphatic heterocycles. The molecule has 5 heteroatoms. The number of nitrogens with one attached hydrogen (secondary N) is 2. The molecule has 0 saturated heterocycles. The van der Waals surface area contributed by atoms with Crippen LogP contribution in [-0.4, -0.2) is 19.1 Å². The van der Waals surface area contributed by atoms with Crippen molar-refractivity contribution in [2.24, 2.45) is 0 Å². The molecule has 2 rings (SSSR count). The van der Waals surface area contributed by atoms with Gasteiger partial charge in [0, 0.05) is 17.6 Å². The topological polar surface area (TPSA) is 50.4 Å². The third-order valence-electron chi connectivity index (χ3n) is 3.89. The second-order valence-electron chi connectivity index (χ2n) is 5.73. The van der Waals surface area contributed by atoms with E-state index in [1.165, 1.54) is 0 Å². The summed E-state index contributed by atoms with van der Waals surface area (Å²) in [6.07, 6.45) is 0. The molecule has 0 spiro atoms. The Balaban J connectivity index is 1.83. The van der Waals surface area contributed by atoms with E-state index in [0.717, 1.165) is 16.9 Å². The van der Waals surface area contributed by atoms with Gasteiger partial charge in [-0.05, 0) is 49.2 Å². The first-order valence-corrected chi connectivity index (χ1v) is 8.29. The van der Waals surface area contributed by atoms with Gasteiger partial charge in [-0.15, -0.1) is 0 Å². The third-order valence-corrected chi connectivity index (χ3v) is 4.14. The van der Waals surface area contributed by atoms with Crippen LogP contribution in [0.2, 0.25) is 5.02 Å². The van der Waals surface area contributed by atoms with Gasteiger partial charge < -0.3 is 10.1 Å². The number of hydrogen-bond acceptors (Lipinski definition) is 3. The fourth-order valence-corrected chi connectivity index (χ4v) is 2.51. The number of amides is 1. The van der Waals surface area contributed by atoms with E-state index < -0.39 is 0 Å². The van der Waals surface area contributed by atoms with Crippen LogP contribution >= 0.6 is 11.6 Å². The fraction of sp³-hybridized carbons (Fsp3) is 0.316. The number of benzene rings is 2. The lowest BCUT2D eigenvalue weighted by Crippen LogP contribution is -2.42. The second-order valence-corrected chi connectivity index (χ2v) is 6.16. The van der Waals surface area contributed by atoms with Crippen LogP contribution in [0.15, 0.2) is 48.5 Å². The molecule has 0 radical (unpaired) electrons. The fourth-order valence-electron chi connectivity index (χ4n) is 2.38. The van der Waals surface area contributed by atoms with Crippen molar-refractivity contribution >= 4 is 17.5 Å². The molecule has 0 fully saturated rings. The average molecular weight is 347 g/mol. The smallest absolute Gasteiger partial charge is 0.237 e. The SMILES string of the molecule is COc1ccc(CNC(=O)[C@H](C)N[C@H](C)c2ccc(Cl)cc2)cc1. The summed E-state index contributed by atoms with van der Waals surface area (Å²) in [5.41, 5.74) is 2.12. The zero-order chi connectivity index (χ0) is 17.5. The molecular formula is C19H23ClN2O2. The minimum absolute atomic E-state index is 0.0355. The van der Waals surface area contributed by atoms with Gasteiger partial charge in [0.15, 0.2) is 0 Å². The van der Waals surface area contributed by atoms with Crippen LogP contribution in [0.1, 0.15) is 31.0 Å². The highest BCUT2D eigenvalue weighted by Crippen LogP contribution is 2.16. The highest BCUT2D eigenvalue weighted by Gasteiger charge is 2.16. The Morgan fingerprint density at radius 2 is 1.71 bits per heavy atom. The molecule has 2 atom stereocenters. The van der Waals surface area contributed by atoms with Crippen LogP contribution in [0.5, 0.6) is 5.75 Å². The Hall–Kier alpha value is -2.04. The van der Waals surface area contributed by atoms with Crippen molar-refractivity contribution in [3.05, 3.63) is 64.7 Å². The number of carbonyl (C=O) groups is 1. The molecule has 0 aliphatic rings. The van der Waals surface area contributed by atoms with Crippen molar-refractivity contribution in [3.63, 3.8) is 0 Å². The first kappa shape index (κ1) is 18.3. The minimum atomic E-state index is -0.297. The molecule has 1 amide bonds. The van der Waals surface area contributed by atoms with Gasteiger partial charge in [-0.2, -0.15) is 0 Å². The van der Waals surface area contributed by atoms with Crippen molar-refractivity contribution in [3.8, 4) is 5.75 Å². The Kier molecular flexibility index (Phi) is 6.64. The molecule has 0 heterocycles. The molecule has 2 aromatic carbocycles. The number of carbonyl (C=O) groups excluding carboxylic acids is 1. The van der Waals surface area contributed by atoms with Gasteiger partial charge in [0.25, 0.3) is 0 Å². The van der Waals surface area contributed by atoms with Gasteiger partial charge in [-0.25, -0.2) is 0 Å². The van der Waals surface area contributed by atoms with E-state index in [-0.39, 0.29) is 18.0 Å². The normalized spacial score (nSPS) is 13.2. The van der Waals surface area contributed by atoms with Crippen LogP contribution in [0.25, 0.3) is 0 Å². The van der Waals surface area contributed by atoms with Crippen molar-refractivity contribution in [2.75, 3.05) is 7.11 Å². The second kappa shape index (κ2) is 8.71. The predicted molar refractivity (Wildman–Crippen MR) is 97.3 cm³/mol. The van der Waals surface area contributed by atoms with Crippen LogP contribution in [0, 0.1) is 0 Å². The largest absolute Gasteiger partial charge is 0.497 e. The molecule has 2 N–H and O–H groups in total. The molecule has 0 aliphatic carbocycles. The average Bonchev–Trinajstić information content (AvgIpc) is 2.60. The maximum atomic E-state index is 12.2. The Labute approximate surface area is 148 Å². The lowest BCUT2D eigenvalue weighted by atomic mass is 10.1. The Bertz CT molecular complexity index is 656. The van der Waals surface area contributed by atoms with Crippen LogP contribution in [0.3, 0.4) is 0 Å². The first-order valence-electron chi connectivity index (χ1n) is 7.91. The zero-order valence-electron chi connectivity index (χ0n) is 14.2. The summed E-state index contributed by atoms with van der Waals surface area (Å²) in [5, 5.41) is 6.94. The molecule has 0 unspecified atom stereocenters. The van der Waals surface area contributed by atoms with Crippen molar-refractivity contribution in [1.29, 1.82) is 0 Å². The van der Waals surface area contributed by atoms with E-state index in [4.69, 9.17) is 16.3 Å². The lowest BCUT2D eigenvalue weighted by molar-refractivity contribution is -0.123. The van der Waals surface area contributed by atoms with Crippen molar-refractivity contribution in [1.82, 2.24) is 10.6 Å². The third kappa shape index (κ3) is 5.25. The number of methoxy groups -OCH3 is 1. The minimum Gasteiger partial charge on any atom is -0.497 e. The molecular weight excluding hydrogens is 324 g/mol. The first-order chi connectivity index (χ1) is 11.5. The maximum Gasteiger partial charge on any atom is 0.237 e. The molecule has 2 aromatic rings.